The van der Waals surface area contributed by atoms with E-state index >= 15 is 0 Å². The van der Waals surface area contributed by atoms with Crippen LogP contribution in [-0.4, -0.2) is 11.8 Å². The number of carbonyl (C=O) groups excluding carboxylic acids is 2. The number of allylic oxidation sites excluding steroid dienone is 2. The summed E-state index contributed by atoms with van der Waals surface area (Å²) in [6.45, 7) is 9.99. The summed E-state index contributed by atoms with van der Waals surface area (Å²) in [6.07, 6.45) is 7.26. The van der Waals surface area contributed by atoms with E-state index < -0.39 is 11.5 Å². The number of furan rings is 1. The zero-order chi connectivity index (χ0) is 18.4. The lowest BCUT2D eigenvalue weighted by atomic mass is 9.58. The van der Waals surface area contributed by atoms with E-state index in [4.69, 9.17) is 9.15 Å². The van der Waals surface area contributed by atoms with Crippen LogP contribution in [-0.2, 0) is 9.53 Å². The molecule has 0 N–H and O–H groups in total. The van der Waals surface area contributed by atoms with Crippen molar-refractivity contribution in [2.45, 2.75) is 60.0 Å². The molecule has 0 aliphatic heterocycles. The molecule has 25 heavy (non-hydrogen) atoms. The maximum atomic E-state index is 13.0. The Balaban J connectivity index is 2.12. The number of esters is 1. The highest BCUT2D eigenvalue weighted by Crippen LogP contribution is 2.57. The van der Waals surface area contributed by atoms with Crippen LogP contribution in [0.2, 0.25) is 0 Å². The molecule has 2 aliphatic rings. The second-order valence-electron chi connectivity index (χ2n) is 7.53. The SMILES string of the molecule is CCC(C)=CC(=O)OC1c2c(C)coc2C(=O)C2=CCCC(C)C21C. The van der Waals surface area contributed by atoms with Gasteiger partial charge >= 0.3 is 5.97 Å². The van der Waals surface area contributed by atoms with E-state index in [1.807, 2.05) is 33.8 Å². The average molecular weight is 342 g/mol. The summed E-state index contributed by atoms with van der Waals surface area (Å²) >= 11 is 0. The molecule has 0 saturated carbocycles. The summed E-state index contributed by atoms with van der Waals surface area (Å²) in [4.78, 5) is 25.5. The summed E-state index contributed by atoms with van der Waals surface area (Å²) < 4.78 is 11.5. The Morgan fingerprint density at radius 3 is 2.88 bits per heavy atom. The lowest BCUT2D eigenvalue weighted by Gasteiger charge is -2.47. The fourth-order valence-corrected chi connectivity index (χ4v) is 4.01. The lowest BCUT2D eigenvalue weighted by Crippen LogP contribution is -2.44. The minimum Gasteiger partial charge on any atom is -0.460 e. The number of Topliss-reactive ketones (excluding diaryl/α,β-unsaturated/α-hetero) is 1. The topological polar surface area (TPSA) is 56.5 Å². The molecule has 0 aromatic carbocycles. The van der Waals surface area contributed by atoms with Crippen LogP contribution in [0.15, 0.2) is 34.0 Å². The van der Waals surface area contributed by atoms with Gasteiger partial charge in [0.2, 0.25) is 5.78 Å². The van der Waals surface area contributed by atoms with Gasteiger partial charge in [-0.25, -0.2) is 4.79 Å². The maximum absolute atomic E-state index is 13.0. The molecule has 1 aromatic rings. The Morgan fingerprint density at radius 1 is 1.48 bits per heavy atom. The van der Waals surface area contributed by atoms with Gasteiger partial charge in [0.05, 0.1) is 6.26 Å². The van der Waals surface area contributed by atoms with Crippen LogP contribution in [0.3, 0.4) is 0 Å². The first kappa shape index (κ1) is 17.7. The number of fused-ring (bicyclic) bond motifs is 2. The van der Waals surface area contributed by atoms with Crippen molar-refractivity contribution in [3.05, 3.63) is 46.4 Å². The van der Waals surface area contributed by atoms with Gasteiger partial charge < -0.3 is 9.15 Å². The molecule has 0 saturated heterocycles. The molecule has 0 bridgehead atoms. The van der Waals surface area contributed by atoms with Crippen molar-refractivity contribution < 1.29 is 18.7 Å². The van der Waals surface area contributed by atoms with Crippen molar-refractivity contribution in [3.63, 3.8) is 0 Å². The number of hydrogen-bond donors (Lipinski definition) is 0. The minimum absolute atomic E-state index is 0.0651. The molecule has 0 radical (unpaired) electrons. The summed E-state index contributed by atoms with van der Waals surface area (Å²) in [6, 6.07) is 0. The van der Waals surface area contributed by atoms with Gasteiger partial charge in [-0.15, -0.1) is 0 Å². The summed E-state index contributed by atoms with van der Waals surface area (Å²) in [7, 11) is 0. The molecule has 0 fully saturated rings. The maximum Gasteiger partial charge on any atom is 0.331 e. The van der Waals surface area contributed by atoms with Crippen LogP contribution < -0.4 is 0 Å². The predicted octanol–water partition coefficient (Wildman–Crippen LogP) is 5.09. The molecule has 4 heteroatoms. The van der Waals surface area contributed by atoms with E-state index in [2.05, 4.69) is 6.92 Å². The van der Waals surface area contributed by atoms with Crippen LogP contribution in [0.4, 0.5) is 0 Å². The average Bonchev–Trinajstić information content (AvgIpc) is 2.95. The van der Waals surface area contributed by atoms with Crippen molar-refractivity contribution in [1.29, 1.82) is 0 Å². The molecule has 0 spiro atoms. The zero-order valence-electron chi connectivity index (χ0n) is 15.6. The van der Waals surface area contributed by atoms with Gasteiger partial charge in [-0.05, 0) is 44.6 Å². The van der Waals surface area contributed by atoms with Crippen LogP contribution in [0.1, 0.15) is 74.7 Å². The van der Waals surface area contributed by atoms with Crippen LogP contribution in [0.25, 0.3) is 0 Å². The third kappa shape index (κ3) is 2.68. The van der Waals surface area contributed by atoms with Crippen molar-refractivity contribution in [2.75, 3.05) is 0 Å². The van der Waals surface area contributed by atoms with E-state index in [0.29, 0.717) is 5.76 Å². The summed E-state index contributed by atoms with van der Waals surface area (Å²) in [5, 5.41) is 0. The van der Waals surface area contributed by atoms with Gasteiger partial charge in [-0.3, -0.25) is 4.79 Å². The van der Waals surface area contributed by atoms with Crippen molar-refractivity contribution in [3.8, 4) is 0 Å². The van der Waals surface area contributed by atoms with Gasteiger partial charge in [-0.1, -0.05) is 32.4 Å². The number of rotatable bonds is 3. The Hall–Kier alpha value is -2.10. The van der Waals surface area contributed by atoms with E-state index in [-0.39, 0.29) is 17.7 Å². The predicted molar refractivity (Wildman–Crippen MR) is 95.2 cm³/mol. The minimum atomic E-state index is -0.527. The van der Waals surface area contributed by atoms with E-state index in [0.717, 1.165) is 41.5 Å². The van der Waals surface area contributed by atoms with Gasteiger partial charge in [0, 0.05) is 22.6 Å². The first-order valence-corrected chi connectivity index (χ1v) is 9.01. The highest BCUT2D eigenvalue weighted by molar-refractivity contribution is 6.10. The third-order valence-electron chi connectivity index (χ3n) is 5.99. The smallest absolute Gasteiger partial charge is 0.331 e. The third-order valence-corrected chi connectivity index (χ3v) is 5.99. The fraction of sp³-hybridized carbons (Fsp3) is 0.524. The van der Waals surface area contributed by atoms with Crippen molar-refractivity contribution in [2.24, 2.45) is 11.3 Å². The molecule has 3 atom stereocenters. The second-order valence-corrected chi connectivity index (χ2v) is 7.53. The van der Waals surface area contributed by atoms with Crippen LogP contribution in [0, 0.1) is 18.3 Å². The summed E-state index contributed by atoms with van der Waals surface area (Å²) in [5.74, 6) is 0.130. The molecule has 134 valence electrons. The van der Waals surface area contributed by atoms with E-state index in [1.54, 1.807) is 12.3 Å². The van der Waals surface area contributed by atoms with Crippen LogP contribution >= 0.6 is 0 Å². The first-order chi connectivity index (χ1) is 11.8. The quantitative estimate of drug-likeness (QED) is 0.567. The molecular weight excluding hydrogens is 316 g/mol. The highest BCUT2D eigenvalue weighted by atomic mass is 16.5. The van der Waals surface area contributed by atoms with Gasteiger partial charge in [-0.2, -0.15) is 0 Å². The first-order valence-electron chi connectivity index (χ1n) is 9.01. The van der Waals surface area contributed by atoms with Gasteiger partial charge in [0.1, 0.15) is 6.10 Å². The lowest BCUT2D eigenvalue weighted by molar-refractivity contribution is -0.151. The van der Waals surface area contributed by atoms with Crippen molar-refractivity contribution in [1.82, 2.24) is 0 Å². The zero-order valence-corrected chi connectivity index (χ0v) is 15.6. The number of ether oxygens (including phenoxy) is 1. The molecule has 3 rings (SSSR count). The Bertz CT molecular complexity index is 780. The van der Waals surface area contributed by atoms with Crippen LogP contribution in [0.5, 0.6) is 0 Å². The Labute approximate surface area is 148 Å². The van der Waals surface area contributed by atoms with E-state index in [1.165, 1.54) is 0 Å². The Kier molecular flexibility index (Phi) is 4.48. The van der Waals surface area contributed by atoms with Gasteiger partial charge in [0.25, 0.3) is 0 Å². The van der Waals surface area contributed by atoms with E-state index in [9.17, 15) is 9.59 Å². The number of carbonyl (C=O) groups is 2. The normalized spacial score (nSPS) is 28.9. The number of aryl methyl sites for hydroxylation is 1. The monoisotopic (exact) mass is 342 g/mol. The molecule has 3 unspecified atom stereocenters. The molecule has 2 aliphatic carbocycles. The standard InChI is InChI=1S/C21H26O4/c1-6-12(2)10-16(22)25-20-17-13(3)11-24-19(17)18(23)15-9-7-8-14(4)21(15,20)5/h9-11,14,20H,6-8H2,1-5H3. The Morgan fingerprint density at radius 2 is 2.20 bits per heavy atom. The molecule has 0 amide bonds. The van der Waals surface area contributed by atoms with Crippen molar-refractivity contribution >= 4 is 11.8 Å². The fourth-order valence-electron chi connectivity index (χ4n) is 4.01. The molecule has 1 heterocycles. The summed E-state index contributed by atoms with van der Waals surface area (Å²) in [5.41, 5.74) is 2.76. The number of hydrogen-bond acceptors (Lipinski definition) is 4. The second kappa shape index (κ2) is 6.32. The molecular formula is C21H26O4. The largest absolute Gasteiger partial charge is 0.460 e. The highest BCUT2D eigenvalue weighted by Gasteiger charge is 2.55. The number of ketones is 1. The molecule has 4 nitrogen and oxygen atoms in total. The van der Waals surface area contributed by atoms with Gasteiger partial charge in [0.15, 0.2) is 5.76 Å². The molecule has 1 aromatic heterocycles.